The lowest BCUT2D eigenvalue weighted by atomic mass is 10.1. The van der Waals surface area contributed by atoms with Crippen LogP contribution in [0.3, 0.4) is 0 Å². The van der Waals surface area contributed by atoms with Crippen molar-refractivity contribution in [3.63, 3.8) is 0 Å². The quantitative estimate of drug-likeness (QED) is 0.924. The molecule has 1 unspecified atom stereocenters. The molecule has 0 aliphatic heterocycles. The van der Waals surface area contributed by atoms with Crippen molar-refractivity contribution in [2.45, 2.75) is 26.5 Å². The molecule has 0 fully saturated rings. The van der Waals surface area contributed by atoms with E-state index in [1.807, 2.05) is 19.2 Å². The monoisotopic (exact) mass is 266 g/mol. The fraction of sp³-hybridized carbons (Fsp3) is 0.308. The molecule has 0 aliphatic rings. The van der Waals surface area contributed by atoms with Crippen molar-refractivity contribution in [2.24, 2.45) is 5.73 Å². The normalized spacial score (nSPS) is 12.4. The van der Waals surface area contributed by atoms with Gasteiger partial charge < -0.3 is 10.5 Å². The van der Waals surface area contributed by atoms with Crippen molar-refractivity contribution < 1.29 is 9.13 Å². The Balaban J connectivity index is 2.05. The minimum atomic E-state index is -0.391. The summed E-state index contributed by atoms with van der Waals surface area (Å²) in [6, 6.07) is 4.60. The summed E-state index contributed by atoms with van der Waals surface area (Å²) in [4.78, 5) is 4.25. The Labute approximate surface area is 109 Å². The summed E-state index contributed by atoms with van der Waals surface area (Å²) in [5, 5.41) is 2.78. The first-order valence-corrected chi connectivity index (χ1v) is 6.53. The van der Waals surface area contributed by atoms with E-state index in [1.54, 1.807) is 12.1 Å². The van der Waals surface area contributed by atoms with Gasteiger partial charge in [0.05, 0.1) is 0 Å². The lowest BCUT2D eigenvalue weighted by Crippen LogP contribution is -2.06. The molecule has 18 heavy (non-hydrogen) atoms. The number of nitrogens with two attached hydrogens (primary N) is 1. The number of benzene rings is 1. The summed E-state index contributed by atoms with van der Waals surface area (Å²) in [6.07, 6.45) is 0. The van der Waals surface area contributed by atoms with Gasteiger partial charge in [-0.3, -0.25) is 0 Å². The summed E-state index contributed by atoms with van der Waals surface area (Å²) >= 11 is 1.50. The van der Waals surface area contributed by atoms with Crippen LogP contribution >= 0.6 is 11.3 Å². The van der Waals surface area contributed by atoms with E-state index in [4.69, 9.17) is 10.5 Å². The minimum absolute atomic E-state index is 0.185. The molecule has 0 bridgehead atoms. The van der Waals surface area contributed by atoms with Gasteiger partial charge in [-0.2, -0.15) is 0 Å². The third-order valence-electron chi connectivity index (χ3n) is 2.50. The average Bonchev–Trinajstić information content (AvgIpc) is 2.73. The molecule has 0 aliphatic carbocycles. The second kappa shape index (κ2) is 5.46. The highest BCUT2D eigenvalue weighted by atomic mass is 32.1. The van der Waals surface area contributed by atoms with Crippen molar-refractivity contribution in [3.05, 3.63) is 45.7 Å². The van der Waals surface area contributed by atoms with Crippen LogP contribution in [0.4, 0.5) is 4.39 Å². The Morgan fingerprint density at radius 2 is 2.28 bits per heavy atom. The fourth-order valence-corrected chi connectivity index (χ4v) is 2.21. The first kappa shape index (κ1) is 13.0. The van der Waals surface area contributed by atoms with E-state index in [9.17, 15) is 4.39 Å². The van der Waals surface area contributed by atoms with Crippen LogP contribution in [-0.2, 0) is 6.61 Å². The van der Waals surface area contributed by atoms with E-state index in [0.29, 0.717) is 0 Å². The van der Waals surface area contributed by atoms with Crippen LogP contribution in [0, 0.1) is 12.7 Å². The fourth-order valence-electron chi connectivity index (χ4n) is 1.53. The molecule has 1 aromatic heterocycles. The van der Waals surface area contributed by atoms with Crippen LogP contribution in [0.5, 0.6) is 5.75 Å². The molecule has 2 N–H and O–H groups in total. The summed E-state index contributed by atoms with van der Waals surface area (Å²) in [6.45, 7) is 4.01. The Hall–Kier alpha value is -1.46. The average molecular weight is 266 g/mol. The number of aryl methyl sites for hydroxylation is 1. The molecular formula is C13H15FN2OS. The zero-order valence-corrected chi connectivity index (χ0v) is 11.1. The topological polar surface area (TPSA) is 48.1 Å². The van der Waals surface area contributed by atoms with Crippen molar-refractivity contribution in [2.75, 3.05) is 0 Å². The third kappa shape index (κ3) is 3.05. The number of hydrogen-bond acceptors (Lipinski definition) is 4. The molecule has 96 valence electrons. The number of thiazole rings is 1. The Morgan fingerprint density at radius 3 is 2.83 bits per heavy atom. The molecule has 2 rings (SSSR count). The van der Waals surface area contributed by atoms with E-state index in [1.165, 1.54) is 17.4 Å². The molecule has 0 saturated heterocycles. The van der Waals surface area contributed by atoms with Crippen LogP contribution in [-0.4, -0.2) is 4.98 Å². The van der Waals surface area contributed by atoms with Crippen LogP contribution < -0.4 is 10.5 Å². The molecule has 5 heteroatoms. The maximum Gasteiger partial charge on any atom is 0.165 e. The second-order valence-electron chi connectivity index (χ2n) is 4.15. The van der Waals surface area contributed by atoms with Gasteiger partial charge in [0.1, 0.15) is 11.6 Å². The van der Waals surface area contributed by atoms with Crippen LogP contribution in [0.25, 0.3) is 0 Å². The molecule has 3 nitrogen and oxygen atoms in total. The molecule has 0 saturated carbocycles. The summed E-state index contributed by atoms with van der Waals surface area (Å²) < 4.78 is 19.1. The summed E-state index contributed by atoms with van der Waals surface area (Å²) in [5.74, 6) is -0.162. The molecule has 0 radical (unpaired) electrons. The van der Waals surface area contributed by atoms with Gasteiger partial charge >= 0.3 is 0 Å². The largest absolute Gasteiger partial charge is 0.483 e. The number of ether oxygens (including phenoxy) is 1. The summed E-state index contributed by atoms with van der Waals surface area (Å²) in [5.41, 5.74) is 7.39. The third-order valence-corrected chi connectivity index (χ3v) is 3.44. The number of aromatic nitrogens is 1. The molecule has 0 spiro atoms. The second-order valence-corrected chi connectivity index (χ2v) is 5.09. The number of rotatable bonds is 4. The predicted octanol–water partition coefficient (Wildman–Crippen LogP) is 3.19. The van der Waals surface area contributed by atoms with E-state index < -0.39 is 5.82 Å². The first-order chi connectivity index (χ1) is 8.56. The number of halogens is 1. The van der Waals surface area contributed by atoms with Gasteiger partial charge in [0.2, 0.25) is 0 Å². The van der Waals surface area contributed by atoms with Crippen molar-refractivity contribution in [3.8, 4) is 5.75 Å². The Morgan fingerprint density at radius 1 is 1.50 bits per heavy atom. The highest BCUT2D eigenvalue weighted by Gasteiger charge is 2.08. The standard InChI is InChI=1S/C13H15FN2OS/c1-8-7-18-13(16-8)6-17-12-4-3-10(9(2)15)5-11(12)14/h3-5,7,9H,6,15H2,1-2H3. The number of hydrogen-bond donors (Lipinski definition) is 1. The maximum absolute atomic E-state index is 13.7. The van der Waals surface area contributed by atoms with Gasteiger partial charge in [0, 0.05) is 17.1 Å². The van der Waals surface area contributed by atoms with Crippen LogP contribution in [0.15, 0.2) is 23.6 Å². The van der Waals surface area contributed by atoms with E-state index in [-0.39, 0.29) is 18.4 Å². The lowest BCUT2D eigenvalue weighted by molar-refractivity contribution is 0.289. The SMILES string of the molecule is Cc1csc(COc2ccc(C(C)N)cc2F)n1. The van der Waals surface area contributed by atoms with Gasteiger partial charge in [-0.15, -0.1) is 11.3 Å². The first-order valence-electron chi connectivity index (χ1n) is 5.65. The summed E-state index contributed by atoms with van der Waals surface area (Å²) in [7, 11) is 0. The molecule has 2 aromatic rings. The van der Waals surface area contributed by atoms with E-state index >= 15 is 0 Å². The predicted molar refractivity (Wildman–Crippen MR) is 70.2 cm³/mol. The van der Waals surface area contributed by atoms with Gasteiger partial charge in [-0.1, -0.05) is 6.07 Å². The van der Waals surface area contributed by atoms with Crippen molar-refractivity contribution in [1.29, 1.82) is 0 Å². The van der Waals surface area contributed by atoms with Gasteiger partial charge in [-0.05, 0) is 31.5 Å². The van der Waals surface area contributed by atoms with E-state index in [0.717, 1.165) is 16.3 Å². The van der Waals surface area contributed by atoms with Gasteiger partial charge in [-0.25, -0.2) is 9.37 Å². The number of nitrogens with zero attached hydrogens (tertiary/aromatic N) is 1. The van der Waals surface area contributed by atoms with Gasteiger partial charge in [0.25, 0.3) is 0 Å². The highest BCUT2D eigenvalue weighted by molar-refractivity contribution is 7.09. The Bertz CT molecular complexity index is 540. The van der Waals surface area contributed by atoms with Gasteiger partial charge in [0.15, 0.2) is 11.6 Å². The van der Waals surface area contributed by atoms with Crippen molar-refractivity contribution >= 4 is 11.3 Å². The Kier molecular flexibility index (Phi) is 3.93. The van der Waals surface area contributed by atoms with Crippen LogP contribution in [0.2, 0.25) is 0 Å². The molecule has 1 heterocycles. The lowest BCUT2D eigenvalue weighted by Gasteiger charge is -2.09. The molecule has 1 atom stereocenters. The van der Waals surface area contributed by atoms with E-state index in [2.05, 4.69) is 4.98 Å². The molecule has 1 aromatic carbocycles. The zero-order valence-electron chi connectivity index (χ0n) is 10.3. The molecular weight excluding hydrogens is 251 g/mol. The molecule has 0 amide bonds. The maximum atomic E-state index is 13.7. The minimum Gasteiger partial charge on any atom is -0.483 e. The smallest absolute Gasteiger partial charge is 0.165 e. The van der Waals surface area contributed by atoms with Crippen molar-refractivity contribution in [1.82, 2.24) is 4.98 Å². The zero-order chi connectivity index (χ0) is 13.1. The highest BCUT2D eigenvalue weighted by Crippen LogP contribution is 2.22. The van der Waals surface area contributed by atoms with Crippen LogP contribution in [0.1, 0.15) is 29.2 Å².